The van der Waals surface area contributed by atoms with Gasteiger partial charge in [-0.3, -0.25) is 4.79 Å². The number of rotatable bonds is 7. The minimum Gasteiger partial charge on any atom is -0.451 e. The molecule has 0 aliphatic rings. The zero-order valence-electron chi connectivity index (χ0n) is 15.6. The zero-order valence-corrected chi connectivity index (χ0v) is 17.2. The van der Waals surface area contributed by atoms with Crippen molar-refractivity contribution < 1.29 is 18.7 Å². The first kappa shape index (κ1) is 21.0. The number of hydrogen-bond acceptors (Lipinski definition) is 5. The van der Waals surface area contributed by atoms with Crippen LogP contribution in [0.3, 0.4) is 0 Å². The predicted octanol–water partition coefficient (Wildman–Crippen LogP) is 4.81. The number of nitrogens with zero attached hydrogens (tertiary/aromatic N) is 2. The number of carbonyl (C=O) groups is 2. The van der Waals surface area contributed by atoms with Gasteiger partial charge >= 0.3 is 5.97 Å². The van der Waals surface area contributed by atoms with E-state index in [0.29, 0.717) is 22.1 Å². The lowest BCUT2D eigenvalue weighted by molar-refractivity contribution is -0.134. The van der Waals surface area contributed by atoms with Gasteiger partial charge < -0.3 is 9.64 Å². The minimum absolute atomic E-state index is 0.131. The molecular weight excluding hydrogens is 415 g/mol. The predicted molar refractivity (Wildman–Crippen MR) is 110 cm³/mol. The first-order valence-corrected chi connectivity index (χ1v) is 10.1. The third kappa shape index (κ3) is 5.62. The Morgan fingerprint density at radius 2 is 2.00 bits per heavy atom. The number of hydrogen-bond donors (Lipinski definition) is 0. The highest BCUT2D eigenvalue weighted by molar-refractivity contribution is 7.13. The number of benzene rings is 2. The Morgan fingerprint density at radius 3 is 2.72 bits per heavy atom. The van der Waals surface area contributed by atoms with Crippen LogP contribution in [-0.4, -0.2) is 34.9 Å². The molecule has 5 nitrogen and oxygen atoms in total. The first-order chi connectivity index (χ1) is 14.0. The Bertz CT molecular complexity index is 1020. The molecule has 0 spiro atoms. The maximum Gasteiger partial charge on any atom is 0.358 e. The first-order valence-electron chi connectivity index (χ1n) is 8.87. The molecule has 1 amide bonds. The SMILES string of the molecule is CCN(Cc1cccc(F)c1)C(=O)COC(=O)c1csc(-c2cccc(Cl)c2)n1. The fourth-order valence-electron chi connectivity index (χ4n) is 2.65. The number of halogens is 2. The molecule has 0 aliphatic carbocycles. The third-order valence-electron chi connectivity index (χ3n) is 4.11. The lowest BCUT2D eigenvalue weighted by Crippen LogP contribution is -2.34. The van der Waals surface area contributed by atoms with E-state index >= 15 is 0 Å². The average molecular weight is 433 g/mol. The Morgan fingerprint density at radius 1 is 1.21 bits per heavy atom. The van der Waals surface area contributed by atoms with E-state index in [0.717, 1.165) is 5.56 Å². The summed E-state index contributed by atoms with van der Waals surface area (Å²) >= 11 is 7.27. The molecule has 0 aliphatic heterocycles. The Hall–Kier alpha value is -2.77. The lowest BCUT2D eigenvalue weighted by atomic mass is 10.2. The van der Waals surface area contributed by atoms with Crippen LogP contribution >= 0.6 is 22.9 Å². The van der Waals surface area contributed by atoms with Gasteiger partial charge in [0, 0.05) is 29.1 Å². The van der Waals surface area contributed by atoms with Gasteiger partial charge in [-0.15, -0.1) is 11.3 Å². The number of thiazole rings is 1. The van der Waals surface area contributed by atoms with Crippen LogP contribution in [0.1, 0.15) is 23.0 Å². The van der Waals surface area contributed by atoms with E-state index in [1.54, 1.807) is 42.6 Å². The van der Waals surface area contributed by atoms with Gasteiger partial charge in [0.15, 0.2) is 12.3 Å². The summed E-state index contributed by atoms with van der Waals surface area (Å²) in [5.74, 6) is -1.41. The van der Waals surface area contributed by atoms with Crippen molar-refractivity contribution in [1.29, 1.82) is 0 Å². The van der Waals surface area contributed by atoms with Gasteiger partial charge in [0.05, 0.1) is 0 Å². The molecule has 0 saturated heterocycles. The van der Waals surface area contributed by atoms with Crippen molar-refractivity contribution in [3.05, 3.63) is 76.0 Å². The molecule has 0 fully saturated rings. The van der Waals surface area contributed by atoms with Crippen LogP contribution in [0.4, 0.5) is 4.39 Å². The van der Waals surface area contributed by atoms with E-state index in [-0.39, 0.29) is 24.0 Å². The second-order valence-electron chi connectivity index (χ2n) is 6.16. The quantitative estimate of drug-likeness (QED) is 0.503. The fraction of sp³-hybridized carbons (Fsp3) is 0.190. The maximum absolute atomic E-state index is 13.3. The van der Waals surface area contributed by atoms with Crippen LogP contribution < -0.4 is 0 Å². The monoisotopic (exact) mass is 432 g/mol. The van der Waals surface area contributed by atoms with Gasteiger partial charge in [0.1, 0.15) is 10.8 Å². The Kier molecular flexibility index (Phi) is 6.95. The molecular formula is C21H18ClFN2O3S. The van der Waals surface area contributed by atoms with E-state index in [4.69, 9.17) is 16.3 Å². The summed E-state index contributed by atoms with van der Waals surface area (Å²) in [5, 5.41) is 2.78. The van der Waals surface area contributed by atoms with Crippen LogP contribution in [0.5, 0.6) is 0 Å². The molecule has 1 heterocycles. The van der Waals surface area contributed by atoms with Gasteiger partial charge in [-0.05, 0) is 36.8 Å². The molecule has 0 N–H and O–H groups in total. The molecule has 0 bridgehead atoms. The van der Waals surface area contributed by atoms with E-state index in [1.165, 1.54) is 28.4 Å². The van der Waals surface area contributed by atoms with E-state index < -0.39 is 12.6 Å². The van der Waals surface area contributed by atoms with Crippen molar-refractivity contribution in [1.82, 2.24) is 9.88 Å². The number of amides is 1. The Balaban J connectivity index is 1.58. The number of carbonyl (C=O) groups excluding carboxylic acids is 2. The van der Waals surface area contributed by atoms with E-state index in [9.17, 15) is 14.0 Å². The zero-order chi connectivity index (χ0) is 20.8. The van der Waals surface area contributed by atoms with Gasteiger partial charge in [-0.2, -0.15) is 0 Å². The summed E-state index contributed by atoms with van der Waals surface area (Å²) in [5.41, 5.74) is 1.59. The molecule has 0 atom stereocenters. The highest BCUT2D eigenvalue weighted by Crippen LogP contribution is 2.26. The molecule has 2 aromatic carbocycles. The normalized spacial score (nSPS) is 10.6. The topological polar surface area (TPSA) is 59.5 Å². The number of ether oxygens (including phenoxy) is 1. The van der Waals surface area contributed by atoms with E-state index in [2.05, 4.69) is 4.98 Å². The van der Waals surface area contributed by atoms with Crippen molar-refractivity contribution in [2.24, 2.45) is 0 Å². The summed E-state index contributed by atoms with van der Waals surface area (Å²) in [6.07, 6.45) is 0. The van der Waals surface area contributed by atoms with Crippen molar-refractivity contribution in [3.8, 4) is 10.6 Å². The number of aromatic nitrogens is 1. The second-order valence-corrected chi connectivity index (χ2v) is 7.46. The van der Waals surface area contributed by atoms with Crippen molar-refractivity contribution in [3.63, 3.8) is 0 Å². The molecule has 0 saturated carbocycles. The maximum atomic E-state index is 13.3. The molecule has 0 radical (unpaired) electrons. The van der Waals surface area contributed by atoms with Crippen LogP contribution in [-0.2, 0) is 16.1 Å². The second kappa shape index (κ2) is 9.62. The summed E-state index contributed by atoms with van der Waals surface area (Å²) in [7, 11) is 0. The van der Waals surface area contributed by atoms with E-state index in [1.807, 2.05) is 6.07 Å². The summed E-state index contributed by atoms with van der Waals surface area (Å²) in [4.78, 5) is 30.4. The van der Waals surface area contributed by atoms with Gasteiger partial charge in [-0.1, -0.05) is 35.9 Å². The van der Waals surface area contributed by atoms with Crippen molar-refractivity contribution >= 4 is 34.8 Å². The molecule has 3 aromatic rings. The number of likely N-dealkylation sites (N-methyl/N-ethyl adjacent to an activating group) is 1. The molecule has 29 heavy (non-hydrogen) atoms. The fourth-order valence-corrected chi connectivity index (χ4v) is 3.62. The summed E-state index contributed by atoms with van der Waals surface area (Å²) in [6.45, 7) is 2.03. The highest BCUT2D eigenvalue weighted by atomic mass is 35.5. The highest BCUT2D eigenvalue weighted by Gasteiger charge is 2.18. The summed E-state index contributed by atoms with van der Waals surface area (Å²) < 4.78 is 18.4. The molecule has 1 aromatic heterocycles. The van der Waals surface area contributed by atoms with Gasteiger partial charge in [-0.25, -0.2) is 14.2 Å². The van der Waals surface area contributed by atoms with Crippen LogP contribution in [0.2, 0.25) is 5.02 Å². The van der Waals surface area contributed by atoms with Crippen molar-refractivity contribution in [2.75, 3.05) is 13.2 Å². The van der Waals surface area contributed by atoms with Crippen LogP contribution in [0.15, 0.2) is 53.9 Å². The molecule has 3 rings (SSSR count). The molecule has 8 heteroatoms. The average Bonchev–Trinajstić information content (AvgIpc) is 3.20. The standard InChI is InChI=1S/C21H18ClFN2O3S/c1-2-25(11-14-5-3-8-17(23)9-14)19(26)12-28-21(27)18-13-29-20(24-18)15-6-4-7-16(22)10-15/h3-10,13H,2,11-12H2,1H3. The lowest BCUT2D eigenvalue weighted by Gasteiger charge is -2.20. The van der Waals surface area contributed by atoms with Gasteiger partial charge in [0.2, 0.25) is 0 Å². The summed E-state index contributed by atoms with van der Waals surface area (Å²) in [6, 6.07) is 13.2. The molecule has 150 valence electrons. The largest absolute Gasteiger partial charge is 0.451 e. The van der Waals surface area contributed by atoms with Crippen molar-refractivity contribution in [2.45, 2.75) is 13.5 Å². The minimum atomic E-state index is -0.676. The number of esters is 1. The van der Waals surface area contributed by atoms with Crippen LogP contribution in [0, 0.1) is 5.82 Å². The van der Waals surface area contributed by atoms with Gasteiger partial charge in [0.25, 0.3) is 5.91 Å². The third-order valence-corrected chi connectivity index (χ3v) is 5.23. The Labute approximate surface area is 176 Å². The van der Waals surface area contributed by atoms with Crippen LogP contribution in [0.25, 0.3) is 10.6 Å². The molecule has 0 unspecified atom stereocenters. The smallest absolute Gasteiger partial charge is 0.358 e.